The van der Waals surface area contributed by atoms with Crippen LogP contribution in [0.25, 0.3) is 0 Å². The van der Waals surface area contributed by atoms with E-state index in [1.165, 1.54) is 0 Å². The summed E-state index contributed by atoms with van der Waals surface area (Å²) in [5.74, 6) is 0. The van der Waals surface area contributed by atoms with Gasteiger partial charge in [0.15, 0.2) is 0 Å². The second kappa shape index (κ2) is 9.72. The Morgan fingerprint density at radius 2 is 1.79 bits per heavy atom. The van der Waals surface area contributed by atoms with E-state index in [0.717, 1.165) is 37.6 Å². The third-order valence-corrected chi connectivity index (χ3v) is 2.87. The first-order valence-corrected chi connectivity index (χ1v) is 6.86. The van der Waals surface area contributed by atoms with E-state index in [4.69, 9.17) is 15.2 Å². The lowest BCUT2D eigenvalue weighted by molar-refractivity contribution is 0.141. The topological polar surface area (TPSA) is 60.6 Å². The summed E-state index contributed by atoms with van der Waals surface area (Å²) in [6, 6.07) is 1.96. The van der Waals surface area contributed by atoms with Crippen molar-refractivity contribution >= 4 is 5.69 Å². The molecule has 0 atom stereocenters. The molecule has 0 saturated heterocycles. The van der Waals surface area contributed by atoms with Crippen molar-refractivity contribution in [3.8, 4) is 0 Å². The van der Waals surface area contributed by atoms with E-state index in [1.807, 2.05) is 26.1 Å². The number of nitrogens with two attached hydrogens (primary N) is 1. The summed E-state index contributed by atoms with van der Waals surface area (Å²) in [6.45, 7) is 9.01. The smallest absolute Gasteiger partial charge is 0.0641 e. The van der Waals surface area contributed by atoms with Crippen LogP contribution in [0.1, 0.15) is 19.4 Å². The van der Waals surface area contributed by atoms with Gasteiger partial charge in [0, 0.05) is 39.0 Å². The molecule has 108 valence electrons. The Labute approximate surface area is 115 Å². The van der Waals surface area contributed by atoms with Crippen molar-refractivity contribution in [3.63, 3.8) is 0 Å². The summed E-state index contributed by atoms with van der Waals surface area (Å²) in [5.41, 5.74) is 7.95. The molecular weight excluding hydrogens is 242 g/mol. The first kappa shape index (κ1) is 15.9. The molecule has 0 unspecified atom stereocenters. The Bertz CT molecular complexity index is 337. The number of nitrogens with zero attached hydrogens (tertiary/aromatic N) is 2. The van der Waals surface area contributed by atoms with Crippen LogP contribution in [-0.2, 0) is 16.0 Å². The quantitative estimate of drug-likeness (QED) is 0.650. The zero-order chi connectivity index (χ0) is 13.9. The molecular formula is C14H25N3O2. The molecule has 1 aromatic rings. The second-order valence-corrected chi connectivity index (χ2v) is 4.09. The van der Waals surface area contributed by atoms with E-state index < -0.39 is 0 Å². The lowest BCUT2D eigenvalue weighted by Crippen LogP contribution is -2.32. The van der Waals surface area contributed by atoms with Crippen molar-refractivity contribution in [2.45, 2.75) is 20.4 Å². The van der Waals surface area contributed by atoms with E-state index >= 15 is 0 Å². The fourth-order valence-corrected chi connectivity index (χ4v) is 1.86. The first-order valence-electron chi connectivity index (χ1n) is 6.86. The van der Waals surface area contributed by atoms with Crippen molar-refractivity contribution in [3.05, 3.63) is 24.0 Å². The Morgan fingerprint density at radius 1 is 1.16 bits per heavy atom. The van der Waals surface area contributed by atoms with Crippen LogP contribution in [0.3, 0.4) is 0 Å². The molecule has 0 saturated carbocycles. The molecule has 1 aromatic heterocycles. The predicted molar refractivity (Wildman–Crippen MR) is 77.3 cm³/mol. The summed E-state index contributed by atoms with van der Waals surface area (Å²) in [7, 11) is 0. The third-order valence-electron chi connectivity index (χ3n) is 2.87. The average Bonchev–Trinajstić information content (AvgIpc) is 2.46. The monoisotopic (exact) mass is 267 g/mol. The first-order chi connectivity index (χ1) is 9.33. The number of hydrogen-bond acceptors (Lipinski definition) is 5. The third kappa shape index (κ3) is 5.55. The van der Waals surface area contributed by atoms with Crippen LogP contribution in [0.4, 0.5) is 5.69 Å². The lowest BCUT2D eigenvalue weighted by atomic mass is 10.2. The van der Waals surface area contributed by atoms with E-state index in [9.17, 15) is 0 Å². The number of rotatable bonds is 10. The van der Waals surface area contributed by atoms with Gasteiger partial charge in [-0.15, -0.1) is 0 Å². The van der Waals surface area contributed by atoms with E-state index in [2.05, 4.69) is 9.88 Å². The summed E-state index contributed by atoms with van der Waals surface area (Å²) in [5, 5.41) is 0. The van der Waals surface area contributed by atoms with Crippen molar-refractivity contribution in [2.75, 3.05) is 44.4 Å². The Hall–Kier alpha value is -1.17. The van der Waals surface area contributed by atoms with Crippen LogP contribution < -0.4 is 10.6 Å². The number of pyridine rings is 1. The van der Waals surface area contributed by atoms with Crippen molar-refractivity contribution in [2.24, 2.45) is 5.73 Å². The normalized spacial score (nSPS) is 10.7. The molecule has 1 rings (SSSR count). The van der Waals surface area contributed by atoms with Gasteiger partial charge in [-0.2, -0.15) is 0 Å². The van der Waals surface area contributed by atoms with Crippen LogP contribution in [0.15, 0.2) is 18.5 Å². The Balaban J connectivity index is 2.69. The van der Waals surface area contributed by atoms with Gasteiger partial charge >= 0.3 is 0 Å². The highest BCUT2D eigenvalue weighted by Crippen LogP contribution is 2.18. The molecule has 19 heavy (non-hydrogen) atoms. The van der Waals surface area contributed by atoms with Crippen LogP contribution >= 0.6 is 0 Å². The van der Waals surface area contributed by atoms with Gasteiger partial charge in [0.1, 0.15) is 0 Å². The van der Waals surface area contributed by atoms with Gasteiger partial charge in [0.25, 0.3) is 0 Å². The molecule has 0 fully saturated rings. The van der Waals surface area contributed by atoms with Gasteiger partial charge < -0.3 is 20.1 Å². The maximum atomic E-state index is 5.78. The fraction of sp³-hybridized carbons (Fsp3) is 0.643. The largest absolute Gasteiger partial charge is 0.380 e. The minimum Gasteiger partial charge on any atom is -0.380 e. The zero-order valence-corrected chi connectivity index (χ0v) is 12.0. The Morgan fingerprint density at radius 3 is 2.32 bits per heavy atom. The van der Waals surface area contributed by atoms with E-state index in [0.29, 0.717) is 19.8 Å². The summed E-state index contributed by atoms with van der Waals surface area (Å²) < 4.78 is 10.9. The minimum atomic E-state index is 0.512. The highest BCUT2D eigenvalue weighted by Gasteiger charge is 2.10. The van der Waals surface area contributed by atoms with E-state index in [1.54, 1.807) is 6.20 Å². The zero-order valence-electron chi connectivity index (χ0n) is 12.0. The van der Waals surface area contributed by atoms with Crippen molar-refractivity contribution < 1.29 is 9.47 Å². The van der Waals surface area contributed by atoms with Crippen LogP contribution in [0.2, 0.25) is 0 Å². The molecule has 0 aliphatic carbocycles. The number of aromatic nitrogens is 1. The van der Waals surface area contributed by atoms with Gasteiger partial charge in [0.05, 0.1) is 25.1 Å². The van der Waals surface area contributed by atoms with Crippen LogP contribution in [0.5, 0.6) is 0 Å². The van der Waals surface area contributed by atoms with E-state index in [-0.39, 0.29) is 0 Å². The summed E-state index contributed by atoms with van der Waals surface area (Å²) >= 11 is 0. The molecule has 0 aromatic carbocycles. The maximum absolute atomic E-state index is 5.78. The summed E-state index contributed by atoms with van der Waals surface area (Å²) in [6.07, 6.45) is 3.63. The molecule has 5 nitrogen and oxygen atoms in total. The van der Waals surface area contributed by atoms with Gasteiger partial charge in [0.2, 0.25) is 0 Å². The molecule has 0 spiro atoms. The lowest BCUT2D eigenvalue weighted by Gasteiger charge is -2.26. The minimum absolute atomic E-state index is 0.512. The van der Waals surface area contributed by atoms with Crippen molar-refractivity contribution in [1.82, 2.24) is 4.98 Å². The molecule has 1 heterocycles. The van der Waals surface area contributed by atoms with Gasteiger partial charge in [-0.05, 0) is 25.5 Å². The number of anilines is 1. The van der Waals surface area contributed by atoms with Crippen LogP contribution in [-0.4, -0.2) is 44.5 Å². The van der Waals surface area contributed by atoms with Crippen molar-refractivity contribution in [1.29, 1.82) is 0 Å². The highest BCUT2D eigenvalue weighted by atomic mass is 16.5. The molecule has 2 N–H and O–H groups in total. The molecule has 0 bridgehead atoms. The van der Waals surface area contributed by atoms with Crippen LogP contribution in [0, 0.1) is 0 Å². The Kier molecular flexibility index (Phi) is 8.13. The second-order valence-electron chi connectivity index (χ2n) is 4.09. The number of hydrogen-bond donors (Lipinski definition) is 1. The van der Waals surface area contributed by atoms with Gasteiger partial charge in [-0.3, -0.25) is 4.98 Å². The standard InChI is InChI=1S/C14H25N3O2/c1-3-18-9-7-17(8-10-19-4-2)14-12-16-6-5-13(14)11-15/h5-6,12H,3-4,7-11,15H2,1-2H3. The van der Waals surface area contributed by atoms with Gasteiger partial charge in [-0.25, -0.2) is 0 Å². The molecule has 5 heteroatoms. The fourth-order valence-electron chi connectivity index (χ4n) is 1.86. The molecule has 0 aliphatic heterocycles. The molecule has 0 aliphatic rings. The van der Waals surface area contributed by atoms with Gasteiger partial charge in [-0.1, -0.05) is 0 Å². The SMILES string of the molecule is CCOCCN(CCOCC)c1cnccc1CN. The number of ether oxygens (including phenoxy) is 2. The predicted octanol–water partition coefficient (Wildman–Crippen LogP) is 1.42. The maximum Gasteiger partial charge on any atom is 0.0641 e. The average molecular weight is 267 g/mol. The molecule has 0 radical (unpaired) electrons. The highest BCUT2D eigenvalue weighted by molar-refractivity contribution is 5.51. The molecule has 0 amide bonds. The summed E-state index contributed by atoms with van der Waals surface area (Å²) in [4.78, 5) is 6.41.